The van der Waals surface area contributed by atoms with Gasteiger partial charge in [-0.1, -0.05) is 38.5 Å². The first kappa shape index (κ1) is 14.2. The molecule has 0 heterocycles. The van der Waals surface area contributed by atoms with Crippen molar-refractivity contribution in [1.82, 2.24) is 0 Å². The lowest BCUT2D eigenvalue weighted by molar-refractivity contribution is -1.61. The fourth-order valence-corrected chi connectivity index (χ4v) is 2.76. The number of hydrogen-bond donors (Lipinski definition) is 2. The normalized spacial score (nSPS) is 27.0. The van der Waals surface area contributed by atoms with Crippen molar-refractivity contribution in [2.24, 2.45) is 0 Å². The molecule has 106 valence electrons. The smallest absolute Gasteiger partial charge is 0.124 e. The lowest BCUT2D eigenvalue weighted by atomic mass is 9.98. The first-order chi connectivity index (χ1) is 8.75. The summed E-state index contributed by atoms with van der Waals surface area (Å²) in [6, 6.07) is 0. The van der Waals surface area contributed by atoms with Crippen LogP contribution in [0.15, 0.2) is 0 Å². The fourth-order valence-electron chi connectivity index (χ4n) is 2.76. The van der Waals surface area contributed by atoms with E-state index in [4.69, 9.17) is 9.68 Å². The predicted octanol–water partition coefficient (Wildman–Crippen LogP) is 0.195. The van der Waals surface area contributed by atoms with Crippen LogP contribution in [-0.4, -0.2) is 12.2 Å². The molecule has 0 radical (unpaired) electrons. The lowest BCUT2D eigenvalue weighted by Crippen LogP contribution is -3.55. The fraction of sp³-hybridized carbons (Fsp3) is 1.00. The zero-order chi connectivity index (χ0) is 12.8. The largest absolute Gasteiger partial charge is 0.546 e. The molecule has 2 aliphatic carbocycles. The SMILES string of the molecule is [O-][NH+](OC1CCCCC1)[NH+]([O-])OC1CCCCC1. The van der Waals surface area contributed by atoms with Gasteiger partial charge in [0.1, 0.15) is 12.2 Å². The van der Waals surface area contributed by atoms with Gasteiger partial charge in [0.15, 0.2) is 0 Å². The summed E-state index contributed by atoms with van der Waals surface area (Å²) in [6.45, 7) is 0. The maximum absolute atomic E-state index is 11.6. The van der Waals surface area contributed by atoms with E-state index in [9.17, 15) is 10.4 Å². The van der Waals surface area contributed by atoms with Crippen molar-refractivity contribution in [3.05, 3.63) is 10.4 Å². The minimum absolute atomic E-state index is 0.0786. The summed E-state index contributed by atoms with van der Waals surface area (Å²) in [7, 11) is 0. The van der Waals surface area contributed by atoms with E-state index >= 15 is 0 Å². The average Bonchev–Trinajstić information content (AvgIpc) is 2.41. The van der Waals surface area contributed by atoms with Crippen LogP contribution in [0.3, 0.4) is 0 Å². The zero-order valence-corrected chi connectivity index (χ0v) is 10.9. The van der Waals surface area contributed by atoms with Crippen molar-refractivity contribution >= 4 is 0 Å². The highest BCUT2D eigenvalue weighted by Gasteiger charge is 2.24. The Labute approximate surface area is 108 Å². The molecule has 6 nitrogen and oxygen atoms in total. The van der Waals surface area contributed by atoms with E-state index in [0.29, 0.717) is 0 Å². The molecule has 18 heavy (non-hydrogen) atoms. The Bertz CT molecular complexity index is 206. The molecule has 0 spiro atoms. The molecule has 0 amide bonds. The zero-order valence-electron chi connectivity index (χ0n) is 10.9. The molecule has 2 aliphatic rings. The summed E-state index contributed by atoms with van der Waals surface area (Å²) in [5.41, 5.74) is 0. The van der Waals surface area contributed by atoms with Crippen LogP contribution >= 0.6 is 0 Å². The maximum Gasteiger partial charge on any atom is 0.124 e. The summed E-state index contributed by atoms with van der Waals surface area (Å²) >= 11 is 0. The van der Waals surface area contributed by atoms with E-state index in [0.717, 1.165) is 51.4 Å². The van der Waals surface area contributed by atoms with Gasteiger partial charge in [-0.3, -0.25) is 0 Å². The Balaban J connectivity index is 1.68. The third-order valence-electron chi connectivity index (χ3n) is 3.82. The Kier molecular flexibility index (Phi) is 5.81. The molecule has 6 heteroatoms. The third-order valence-corrected chi connectivity index (χ3v) is 3.82. The molecule has 0 aliphatic heterocycles. The molecule has 0 aromatic heterocycles. The first-order valence-corrected chi connectivity index (χ1v) is 7.17. The van der Waals surface area contributed by atoms with Crippen molar-refractivity contribution in [2.45, 2.75) is 76.4 Å². The number of quaternary nitrogens is 2. The van der Waals surface area contributed by atoms with Gasteiger partial charge in [-0.25, -0.2) is 0 Å². The minimum atomic E-state index is -0.799. The van der Waals surface area contributed by atoms with Crippen LogP contribution < -0.4 is 10.7 Å². The molecule has 2 atom stereocenters. The van der Waals surface area contributed by atoms with E-state index < -0.39 is 10.7 Å². The van der Waals surface area contributed by atoms with Crippen LogP contribution in [0.2, 0.25) is 0 Å². The van der Waals surface area contributed by atoms with Crippen LogP contribution in [-0.2, 0) is 9.68 Å². The molecule has 0 aromatic carbocycles. The Morgan fingerprint density at radius 2 is 0.944 bits per heavy atom. The highest BCUT2D eigenvalue weighted by molar-refractivity contribution is 4.63. The number of nitrogens with one attached hydrogen (secondary N) is 2. The summed E-state index contributed by atoms with van der Waals surface area (Å²) < 4.78 is 0. The van der Waals surface area contributed by atoms with Gasteiger partial charge in [0.05, 0.1) is 0 Å². The topological polar surface area (TPSA) is 73.5 Å². The van der Waals surface area contributed by atoms with Crippen LogP contribution in [0, 0.1) is 10.4 Å². The monoisotopic (exact) mass is 260 g/mol. The van der Waals surface area contributed by atoms with E-state index in [1.807, 2.05) is 0 Å². The molecular formula is C12H24N2O4. The molecule has 0 bridgehead atoms. The van der Waals surface area contributed by atoms with Crippen LogP contribution in [0.5, 0.6) is 0 Å². The van der Waals surface area contributed by atoms with Crippen molar-refractivity contribution in [3.63, 3.8) is 0 Å². The minimum Gasteiger partial charge on any atom is -0.546 e. The highest BCUT2D eigenvalue weighted by atomic mass is 17.1. The molecule has 0 saturated heterocycles. The van der Waals surface area contributed by atoms with Gasteiger partial charge in [0, 0.05) is 0 Å². The Hall–Kier alpha value is -0.240. The van der Waals surface area contributed by atoms with Crippen LogP contribution in [0.1, 0.15) is 64.2 Å². The molecule has 0 aromatic rings. The van der Waals surface area contributed by atoms with Crippen molar-refractivity contribution in [3.8, 4) is 0 Å². The predicted molar refractivity (Wildman–Crippen MR) is 64.6 cm³/mol. The van der Waals surface area contributed by atoms with Crippen molar-refractivity contribution in [1.29, 1.82) is 0 Å². The second-order valence-electron chi connectivity index (χ2n) is 5.33. The van der Waals surface area contributed by atoms with Gasteiger partial charge >= 0.3 is 0 Å². The van der Waals surface area contributed by atoms with Crippen LogP contribution in [0.25, 0.3) is 0 Å². The summed E-state index contributed by atoms with van der Waals surface area (Å²) in [4.78, 5) is 10.4. The molecule has 2 N–H and O–H groups in total. The van der Waals surface area contributed by atoms with Gasteiger partial charge in [-0.15, -0.1) is 9.68 Å². The third kappa shape index (κ3) is 4.46. The second kappa shape index (κ2) is 7.37. The van der Waals surface area contributed by atoms with Gasteiger partial charge in [-0.05, 0) is 36.4 Å². The molecule has 2 rings (SSSR count). The van der Waals surface area contributed by atoms with Gasteiger partial charge in [-0.2, -0.15) is 0 Å². The highest BCUT2D eigenvalue weighted by Crippen LogP contribution is 2.19. The second-order valence-corrected chi connectivity index (χ2v) is 5.33. The number of hydrogen-bond acceptors (Lipinski definition) is 4. The molecular weight excluding hydrogens is 236 g/mol. The van der Waals surface area contributed by atoms with E-state index in [1.165, 1.54) is 12.8 Å². The van der Waals surface area contributed by atoms with Crippen molar-refractivity contribution in [2.75, 3.05) is 0 Å². The standard InChI is InChI=1S/C12H24N2O4/c15-13(17-11-7-3-1-4-8-11)14(16)18-12-9-5-2-6-10-12/h11-14H,1-10H2. The first-order valence-electron chi connectivity index (χ1n) is 7.17. The molecule has 2 unspecified atom stereocenters. The van der Waals surface area contributed by atoms with Crippen LogP contribution in [0.4, 0.5) is 0 Å². The maximum atomic E-state index is 11.6. The van der Waals surface area contributed by atoms with E-state index in [2.05, 4.69) is 0 Å². The lowest BCUT2D eigenvalue weighted by Gasteiger charge is -2.33. The molecule has 2 saturated carbocycles. The van der Waals surface area contributed by atoms with E-state index in [1.54, 1.807) is 0 Å². The quantitative estimate of drug-likeness (QED) is 0.692. The Morgan fingerprint density at radius 1 is 0.611 bits per heavy atom. The summed E-state index contributed by atoms with van der Waals surface area (Å²) in [5, 5.41) is 21.6. The molecule has 2 fully saturated rings. The van der Waals surface area contributed by atoms with Gasteiger partial charge in [0.25, 0.3) is 0 Å². The van der Waals surface area contributed by atoms with Gasteiger partial charge < -0.3 is 10.4 Å². The van der Waals surface area contributed by atoms with Gasteiger partial charge in [0.2, 0.25) is 0 Å². The summed E-state index contributed by atoms with van der Waals surface area (Å²) in [5.74, 6) is 0. The van der Waals surface area contributed by atoms with Crippen molar-refractivity contribution < 1.29 is 20.3 Å². The van der Waals surface area contributed by atoms with E-state index in [-0.39, 0.29) is 12.2 Å². The Morgan fingerprint density at radius 3 is 1.28 bits per heavy atom. The number of rotatable bonds is 5. The summed E-state index contributed by atoms with van der Waals surface area (Å²) in [6.07, 6.45) is 10.1. The average molecular weight is 260 g/mol.